The van der Waals surface area contributed by atoms with Crippen molar-refractivity contribution in [2.45, 2.75) is 43.9 Å². The van der Waals surface area contributed by atoms with Crippen LogP contribution in [0.2, 0.25) is 5.02 Å². The number of likely N-dealkylation sites (N-methyl/N-ethyl adjacent to an activating group) is 2. The van der Waals surface area contributed by atoms with Gasteiger partial charge in [0.15, 0.2) is 10.9 Å². The van der Waals surface area contributed by atoms with E-state index in [1.807, 2.05) is 18.0 Å². The predicted octanol–water partition coefficient (Wildman–Crippen LogP) is 5.13. The Bertz CT molecular complexity index is 1790. The Balaban J connectivity index is 1.39. The Kier molecular flexibility index (Phi) is 7.46. The quantitative estimate of drug-likeness (QED) is 0.250. The molecule has 7 rings (SSSR count). The van der Waals surface area contributed by atoms with Gasteiger partial charge in [0, 0.05) is 42.7 Å². The highest BCUT2D eigenvalue weighted by Gasteiger charge is 2.35. The molecule has 1 amide bonds. The maximum absolute atomic E-state index is 14.8. The molecule has 2 aromatic carbocycles. The molecule has 2 saturated heterocycles. The fourth-order valence-corrected chi connectivity index (χ4v) is 7.02. The summed E-state index contributed by atoms with van der Waals surface area (Å²) in [7, 11) is 4.04. The molecular weight excluding hydrogens is 605 g/mol. The molecular formula is C31H33ClFN7O3S. The summed E-state index contributed by atoms with van der Waals surface area (Å²) >= 11 is 8.17. The van der Waals surface area contributed by atoms with Crippen LogP contribution in [0.15, 0.2) is 30.9 Å². The Morgan fingerprint density at radius 2 is 2.05 bits per heavy atom. The van der Waals surface area contributed by atoms with Crippen molar-refractivity contribution in [2.75, 3.05) is 51.0 Å². The molecule has 1 saturated carbocycles. The molecule has 1 atom stereocenters. The van der Waals surface area contributed by atoms with E-state index in [1.165, 1.54) is 12.1 Å². The molecule has 0 bridgehead atoms. The zero-order valence-electron chi connectivity index (χ0n) is 24.6. The van der Waals surface area contributed by atoms with Gasteiger partial charge in [-0.2, -0.15) is 9.97 Å². The molecule has 2 aromatic heterocycles. The second-order valence-electron chi connectivity index (χ2n) is 11.7. The fraction of sp³-hybridized carbons (Fsp3) is 0.419. The predicted molar refractivity (Wildman–Crippen MR) is 171 cm³/mol. The number of hydrogen-bond acceptors (Lipinski definition) is 10. The maximum atomic E-state index is 14.8. The number of carbonyl (C=O) groups excluding carboxylic acids is 1. The van der Waals surface area contributed by atoms with E-state index in [2.05, 4.69) is 23.5 Å². The van der Waals surface area contributed by atoms with Crippen LogP contribution in [0.4, 0.5) is 15.3 Å². The molecule has 0 radical (unpaired) electrons. The number of nitrogens with two attached hydrogens (primary N) is 1. The highest BCUT2D eigenvalue weighted by atomic mass is 35.5. The number of carbonyl (C=O) groups is 1. The van der Waals surface area contributed by atoms with Gasteiger partial charge in [0.25, 0.3) is 0 Å². The summed E-state index contributed by atoms with van der Waals surface area (Å²) in [6.45, 7) is 6.15. The van der Waals surface area contributed by atoms with Crippen molar-refractivity contribution >= 4 is 60.9 Å². The summed E-state index contributed by atoms with van der Waals surface area (Å²) in [4.78, 5) is 32.5. The molecule has 13 heteroatoms. The number of amides is 1. The van der Waals surface area contributed by atoms with Crippen LogP contribution in [0.3, 0.4) is 0 Å². The number of ether oxygens (including phenoxy) is 2. The first-order valence-corrected chi connectivity index (χ1v) is 15.9. The van der Waals surface area contributed by atoms with E-state index >= 15 is 0 Å². The van der Waals surface area contributed by atoms with Crippen LogP contribution in [0, 0.1) is 5.82 Å². The number of nitrogen functional groups attached to an aromatic ring is 1. The van der Waals surface area contributed by atoms with Gasteiger partial charge in [0.05, 0.1) is 27.4 Å². The van der Waals surface area contributed by atoms with E-state index in [4.69, 9.17) is 36.8 Å². The van der Waals surface area contributed by atoms with Crippen LogP contribution >= 0.6 is 22.9 Å². The summed E-state index contributed by atoms with van der Waals surface area (Å²) in [5, 5.41) is 1.34. The number of thiazole rings is 1. The van der Waals surface area contributed by atoms with Gasteiger partial charge in [-0.05, 0) is 63.6 Å². The summed E-state index contributed by atoms with van der Waals surface area (Å²) < 4.78 is 28.0. The second-order valence-corrected chi connectivity index (χ2v) is 13.2. The minimum Gasteiger partial charge on any atom is -0.487 e. The van der Waals surface area contributed by atoms with Crippen molar-refractivity contribution in [2.24, 2.45) is 0 Å². The topological polar surface area (TPSA) is 110 Å². The normalized spacial score (nSPS) is 19.0. The number of hydrogen-bond donors (Lipinski definition) is 1. The van der Waals surface area contributed by atoms with Crippen molar-refractivity contribution in [3.8, 4) is 22.9 Å². The molecule has 2 aliphatic heterocycles. The Morgan fingerprint density at radius 3 is 2.75 bits per heavy atom. The molecule has 4 heterocycles. The standard InChI is InChI=1S/C31H33ClFN7O3S/c1-4-23(41)40-13-17(14-40)39(3)29-20-12-21(32)24(19-9-10-22(33)28-26(19)35-30(34)44-28)27(43-18-7-8-18)25(20)36-31(37-29)42-15-16-6-5-11-38(16)2/h4,9-10,12,16-18H,1,5-8,11,13-15H2,2-3H3,(H2,34,35)/t16-/m0/s1. The number of fused-ring (bicyclic) bond motifs is 2. The number of nitrogens with zero attached hydrogens (tertiary/aromatic N) is 6. The SMILES string of the molecule is C=CC(=O)N1CC(N(C)c2nc(OC[C@@H]3CCCN3C)nc3c(OC4CC4)c(-c4ccc(F)c5sc(N)nc45)c(Cl)cc23)C1. The lowest BCUT2D eigenvalue weighted by Crippen LogP contribution is -2.60. The van der Waals surface area contributed by atoms with Crippen molar-refractivity contribution in [1.82, 2.24) is 24.8 Å². The van der Waals surface area contributed by atoms with E-state index in [0.29, 0.717) is 68.5 Å². The van der Waals surface area contributed by atoms with Crippen LogP contribution in [-0.2, 0) is 4.79 Å². The van der Waals surface area contributed by atoms with Crippen molar-refractivity contribution in [1.29, 1.82) is 0 Å². The first-order chi connectivity index (χ1) is 21.2. The maximum Gasteiger partial charge on any atom is 0.319 e. The molecule has 2 N–H and O–H groups in total. The first-order valence-electron chi connectivity index (χ1n) is 14.7. The van der Waals surface area contributed by atoms with E-state index in [0.717, 1.165) is 43.6 Å². The van der Waals surface area contributed by atoms with Gasteiger partial charge < -0.3 is 29.9 Å². The van der Waals surface area contributed by atoms with Crippen molar-refractivity contribution in [3.63, 3.8) is 0 Å². The molecule has 3 aliphatic rings. The Labute approximate surface area is 263 Å². The second kappa shape index (κ2) is 11.3. The lowest BCUT2D eigenvalue weighted by atomic mass is 10.00. The number of anilines is 2. The summed E-state index contributed by atoms with van der Waals surface area (Å²) in [6.07, 6.45) is 5.30. The van der Waals surface area contributed by atoms with Gasteiger partial charge in [0.2, 0.25) is 5.91 Å². The molecule has 230 valence electrons. The van der Waals surface area contributed by atoms with Gasteiger partial charge in [-0.1, -0.05) is 29.5 Å². The fourth-order valence-electron chi connectivity index (χ4n) is 5.96. The third kappa shape index (κ3) is 5.18. The number of halogens is 2. The first kappa shape index (κ1) is 29.0. The minimum absolute atomic E-state index is 0.00427. The summed E-state index contributed by atoms with van der Waals surface area (Å²) in [6, 6.07) is 5.40. The van der Waals surface area contributed by atoms with Crippen LogP contribution in [0.25, 0.3) is 32.2 Å². The largest absolute Gasteiger partial charge is 0.487 e. The molecule has 44 heavy (non-hydrogen) atoms. The molecule has 1 aliphatic carbocycles. The van der Waals surface area contributed by atoms with Gasteiger partial charge in [-0.15, -0.1) is 0 Å². The number of benzene rings is 2. The van der Waals surface area contributed by atoms with Gasteiger partial charge in [-0.3, -0.25) is 4.79 Å². The molecule has 10 nitrogen and oxygen atoms in total. The zero-order chi connectivity index (χ0) is 30.7. The zero-order valence-corrected chi connectivity index (χ0v) is 26.1. The van der Waals surface area contributed by atoms with Gasteiger partial charge in [-0.25, -0.2) is 9.37 Å². The highest BCUT2D eigenvalue weighted by Crippen LogP contribution is 2.48. The van der Waals surface area contributed by atoms with Crippen LogP contribution in [-0.4, -0.2) is 89.2 Å². The van der Waals surface area contributed by atoms with E-state index < -0.39 is 5.82 Å². The highest BCUT2D eigenvalue weighted by molar-refractivity contribution is 7.22. The van der Waals surface area contributed by atoms with E-state index in [9.17, 15) is 9.18 Å². The van der Waals surface area contributed by atoms with Crippen LogP contribution in [0.5, 0.6) is 11.8 Å². The molecule has 4 aromatic rings. The van der Waals surface area contributed by atoms with Crippen molar-refractivity contribution < 1.29 is 18.7 Å². The smallest absolute Gasteiger partial charge is 0.319 e. The van der Waals surface area contributed by atoms with E-state index in [-0.39, 0.29) is 35.2 Å². The lowest BCUT2D eigenvalue weighted by molar-refractivity contribution is -0.130. The number of aromatic nitrogens is 3. The summed E-state index contributed by atoms with van der Waals surface area (Å²) in [5.74, 6) is 0.596. The number of rotatable bonds is 9. The third-order valence-corrected chi connectivity index (χ3v) is 9.95. The average molecular weight is 638 g/mol. The third-order valence-electron chi connectivity index (χ3n) is 8.75. The van der Waals surface area contributed by atoms with Crippen LogP contribution in [0.1, 0.15) is 25.7 Å². The van der Waals surface area contributed by atoms with Gasteiger partial charge in [0.1, 0.15) is 23.8 Å². The Morgan fingerprint density at radius 1 is 1.25 bits per heavy atom. The van der Waals surface area contributed by atoms with Gasteiger partial charge >= 0.3 is 6.01 Å². The average Bonchev–Trinajstić information content (AvgIpc) is 3.56. The molecule has 0 spiro atoms. The minimum atomic E-state index is -0.400. The van der Waals surface area contributed by atoms with E-state index in [1.54, 1.807) is 11.0 Å². The molecule has 0 unspecified atom stereocenters. The Hall–Kier alpha value is -3.74. The van der Waals surface area contributed by atoms with Crippen LogP contribution < -0.4 is 20.1 Å². The van der Waals surface area contributed by atoms with Crippen molar-refractivity contribution in [3.05, 3.63) is 41.7 Å². The lowest BCUT2D eigenvalue weighted by Gasteiger charge is -2.44. The summed E-state index contributed by atoms with van der Waals surface area (Å²) in [5.41, 5.74) is 8.16. The number of likely N-dealkylation sites (tertiary alicyclic amines) is 2. The monoisotopic (exact) mass is 637 g/mol. The molecule has 3 fully saturated rings.